The quantitative estimate of drug-likeness (QED) is 0.906. The van der Waals surface area contributed by atoms with Crippen molar-refractivity contribution in [1.29, 1.82) is 0 Å². The zero-order valence-corrected chi connectivity index (χ0v) is 12.8. The number of para-hydroxylation sites is 1. The predicted octanol–water partition coefficient (Wildman–Crippen LogP) is 4.22. The predicted molar refractivity (Wildman–Crippen MR) is 83.0 cm³/mol. The average Bonchev–Trinajstić information content (AvgIpc) is 2.97. The van der Waals surface area contributed by atoms with Crippen molar-refractivity contribution in [2.24, 2.45) is 0 Å². The molecule has 0 bridgehead atoms. The maximum atomic E-state index is 12.2. The summed E-state index contributed by atoms with van der Waals surface area (Å²) in [4.78, 5) is 13.3. The smallest absolute Gasteiger partial charge is 0.138 e. The summed E-state index contributed by atoms with van der Waals surface area (Å²) in [5, 5.41) is 3.37. The number of rotatable bonds is 4. The molecule has 1 aromatic carbocycles. The lowest BCUT2D eigenvalue weighted by molar-refractivity contribution is -0.118. The van der Waals surface area contributed by atoms with Crippen LogP contribution in [0, 0.1) is 0 Å². The highest BCUT2D eigenvalue weighted by molar-refractivity contribution is 9.11. The second kappa shape index (κ2) is 5.47. The summed E-state index contributed by atoms with van der Waals surface area (Å²) in [6, 6.07) is 12.3. The molecule has 4 heteroatoms. The van der Waals surface area contributed by atoms with E-state index < -0.39 is 0 Å². The molecular weight excluding hydrogens is 322 g/mol. The molecule has 2 heterocycles. The van der Waals surface area contributed by atoms with Gasteiger partial charge in [0.1, 0.15) is 5.78 Å². The number of fused-ring (bicyclic) bond motifs is 1. The van der Waals surface area contributed by atoms with Gasteiger partial charge in [-0.25, -0.2) is 0 Å². The van der Waals surface area contributed by atoms with Crippen LogP contribution in [0.1, 0.15) is 22.8 Å². The SMILES string of the molecule is O=C(Cc1ccc(Br)s1)CC1CNc2ccccc21. The third kappa shape index (κ3) is 2.90. The van der Waals surface area contributed by atoms with Gasteiger partial charge in [-0.1, -0.05) is 18.2 Å². The largest absolute Gasteiger partial charge is 0.384 e. The molecule has 2 nitrogen and oxygen atoms in total. The van der Waals surface area contributed by atoms with E-state index in [1.54, 1.807) is 11.3 Å². The van der Waals surface area contributed by atoms with Gasteiger partial charge in [0, 0.05) is 35.9 Å². The minimum Gasteiger partial charge on any atom is -0.384 e. The number of anilines is 1. The maximum Gasteiger partial charge on any atom is 0.138 e. The van der Waals surface area contributed by atoms with E-state index >= 15 is 0 Å². The standard InChI is InChI=1S/C15H14BrNOS/c16-15-6-5-12(19-15)8-11(18)7-10-9-17-14-4-2-1-3-13(10)14/h1-6,10,17H,7-9H2. The van der Waals surface area contributed by atoms with Crippen LogP contribution in [0.5, 0.6) is 0 Å². The van der Waals surface area contributed by atoms with E-state index in [-0.39, 0.29) is 0 Å². The molecule has 1 atom stereocenters. The maximum absolute atomic E-state index is 12.2. The number of thiophene rings is 1. The summed E-state index contributed by atoms with van der Waals surface area (Å²) >= 11 is 5.07. The van der Waals surface area contributed by atoms with Gasteiger partial charge in [-0.15, -0.1) is 11.3 Å². The van der Waals surface area contributed by atoms with Crippen molar-refractivity contribution in [3.8, 4) is 0 Å². The van der Waals surface area contributed by atoms with Crippen LogP contribution in [0.3, 0.4) is 0 Å². The summed E-state index contributed by atoms with van der Waals surface area (Å²) in [5.74, 6) is 0.643. The highest BCUT2D eigenvalue weighted by atomic mass is 79.9. The minimum absolute atomic E-state index is 0.317. The molecule has 0 saturated carbocycles. The zero-order valence-electron chi connectivity index (χ0n) is 10.4. The molecule has 1 aliphatic heterocycles. The van der Waals surface area contributed by atoms with Gasteiger partial charge in [0.05, 0.1) is 3.79 Å². The Morgan fingerprint density at radius 3 is 2.95 bits per heavy atom. The lowest BCUT2D eigenvalue weighted by Gasteiger charge is -2.08. The number of benzene rings is 1. The van der Waals surface area contributed by atoms with Gasteiger partial charge in [0.2, 0.25) is 0 Å². The molecule has 1 aromatic heterocycles. The Hall–Kier alpha value is -1.13. The van der Waals surface area contributed by atoms with Crippen LogP contribution in [-0.4, -0.2) is 12.3 Å². The second-order valence-corrected chi connectivity index (χ2v) is 7.34. The van der Waals surface area contributed by atoms with Crippen LogP contribution in [0.15, 0.2) is 40.2 Å². The average molecular weight is 336 g/mol. The molecule has 0 amide bonds. The van der Waals surface area contributed by atoms with Crippen LogP contribution in [-0.2, 0) is 11.2 Å². The number of Topliss-reactive ketones (excluding diaryl/α,β-unsaturated/α-hetero) is 1. The Morgan fingerprint density at radius 1 is 1.32 bits per heavy atom. The molecule has 1 N–H and O–H groups in total. The highest BCUT2D eigenvalue weighted by Gasteiger charge is 2.23. The first-order valence-corrected chi connectivity index (χ1v) is 7.92. The fourth-order valence-corrected chi connectivity index (χ4v) is 4.04. The van der Waals surface area contributed by atoms with Crippen molar-refractivity contribution in [2.45, 2.75) is 18.8 Å². The first-order chi connectivity index (χ1) is 9.22. The highest BCUT2D eigenvalue weighted by Crippen LogP contribution is 2.33. The third-order valence-electron chi connectivity index (χ3n) is 3.41. The lowest BCUT2D eigenvalue weighted by Crippen LogP contribution is -2.10. The van der Waals surface area contributed by atoms with Gasteiger partial charge < -0.3 is 5.32 Å². The van der Waals surface area contributed by atoms with E-state index in [1.807, 2.05) is 24.3 Å². The lowest BCUT2D eigenvalue weighted by atomic mass is 9.95. The van der Waals surface area contributed by atoms with Crippen molar-refractivity contribution in [3.05, 3.63) is 50.6 Å². The van der Waals surface area contributed by atoms with Crippen LogP contribution in [0.2, 0.25) is 0 Å². The molecule has 0 aliphatic carbocycles. The number of ketones is 1. The van der Waals surface area contributed by atoms with Crippen molar-refractivity contribution in [1.82, 2.24) is 0 Å². The summed E-state index contributed by atoms with van der Waals surface area (Å²) in [6.45, 7) is 0.874. The molecule has 1 unspecified atom stereocenters. The van der Waals surface area contributed by atoms with Crippen LogP contribution >= 0.6 is 27.3 Å². The van der Waals surface area contributed by atoms with Gasteiger partial charge in [0.15, 0.2) is 0 Å². The Bertz CT molecular complexity index is 608. The molecule has 0 fully saturated rings. The Labute approximate surface area is 125 Å². The van der Waals surface area contributed by atoms with Gasteiger partial charge >= 0.3 is 0 Å². The summed E-state index contributed by atoms with van der Waals surface area (Å²) in [6.07, 6.45) is 1.18. The van der Waals surface area contributed by atoms with Gasteiger partial charge in [0.25, 0.3) is 0 Å². The number of carbonyl (C=O) groups excluding carboxylic acids is 1. The van der Waals surface area contributed by atoms with Crippen LogP contribution in [0.25, 0.3) is 0 Å². The van der Waals surface area contributed by atoms with E-state index in [9.17, 15) is 4.79 Å². The molecule has 19 heavy (non-hydrogen) atoms. The Morgan fingerprint density at radius 2 is 2.16 bits per heavy atom. The molecule has 0 radical (unpaired) electrons. The Balaban J connectivity index is 1.65. The zero-order chi connectivity index (χ0) is 13.2. The van der Waals surface area contributed by atoms with Crippen molar-refractivity contribution < 1.29 is 4.79 Å². The summed E-state index contributed by atoms with van der Waals surface area (Å²) in [7, 11) is 0. The monoisotopic (exact) mass is 335 g/mol. The first kappa shape index (κ1) is 12.9. The van der Waals surface area contributed by atoms with Gasteiger partial charge in [-0.3, -0.25) is 4.79 Å². The minimum atomic E-state index is 0.317. The third-order valence-corrected chi connectivity index (χ3v) is 5.04. The van der Waals surface area contributed by atoms with Crippen LogP contribution in [0.4, 0.5) is 5.69 Å². The number of nitrogens with one attached hydrogen (secondary N) is 1. The number of carbonyl (C=O) groups is 1. The van der Waals surface area contributed by atoms with E-state index in [0.29, 0.717) is 24.5 Å². The molecule has 3 rings (SSSR count). The van der Waals surface area contributed by atoms with Gasteiger partial charge in [-0.05, 0) is 39.7 Å². The summed E-state index contributed by atoms with van der Waals surface area (Å²) < 4.78 is 1.09. The first-order valence-electron chi connectivity index (χ1n) is 6.31. The van der Waals surface area contributed by atoms with Crippen molar-refractivity contribution in [3.63, 3.8) is 0 Å². The number of halogens is 1. The normalized spacial score (nSPS) is 17.0. The fourth-order valence-electron chi connectivity index (χ4n) is 2.53. The molecular formula is C15H14BrNOS. The summed E-state index contributed by atoms with van der Waals surface area (Å²) in [5.41, 5.74) is 2.46. The van der Waals surface area contributed by atoms with E-state index in [1.165, 1.54) is 11.3 Å². The van der Waals surface area contributed by atoms with E-state index in [4.69, 9.17) is 0 Å². The van der Waals surface area contributed by atoms with Gasteiger partial charge in [-0.2, -0.15) is 0 Å². The molecule has 2 aromatic rings. The van der Waals surface area contributed by atoms with E-state index in [0.717, 1.165) is 15.2 Å². The van der Waals surface area contributed by atoms with E-state index in [2.05, 4.69) is 33.4 Å². The fraction of sp³-hybridized carbons (Fsp3) is 0.267. The molecule has 1 aliphatic rings. The second-order valence-electron chi connectivity index (χ2n) is 4.79. The topological polar surface area (TPSA) is 29.1 Å². The molecule has 0 spiro atoms. The van der Waals surface area contributed by atoms with Crippen molar-refractivity contribution in [2.75, 3.05) is 11.9 Å². The van der Waals surface area contributed by atoms with Crippen molar-refractivity contribution >= 4 is 38.7 Å². The molecule has 0 saturated heterocycles. The number of hydrogen-bond donors (Lipinski definition) is 1. The Kier molecular flexibility index (Phi) is 3.71. The molecule has 98 valence electrons. The van der Waals surface area contributed by atoms with Crippen LogP contribution < -0.4 is 5.32 Å². The number of hydrogen-bond acceptors (Lipinski definition) is 3.